The first-order valence-corrected chi connectivity index (χ1v) is 16.3. The first-order valence-electron chi connectivity index (χ1n) is 15.4. The highest BCUT2D eigenvalue weighted by atomic mass is 32.2. The van der Waals surface area contributed by atoms with Crippen LogP contribution in [0, 0.1) is 5.92 Å². The van der Waals surface area contributed by atoms with Crippen LogP contribution in [0.1, 0.15) is 51.9 Å². The van der Waals surface area contributed by atoms with E-state index in [9.17, 15) is 24.6 Å². The maximum absolute atomic E-state index is 12.9. The normalized spacial score (nSPS) is 19.6. The summed E-state index contributed by atoms with van der Waals surface area (Å²) in [5.41, 5.74) is 3.89. The number of pyridine rings is 1. The summed E-state index contributed by atoms with van der Waals surface area (Å²) in [7, 11) is 1.28. The van der Waals surface area contributed by atoms with Crippen LogP contribution in [-0.4, -0.2) is 58.2 Å². The Hall–Kier alpha value is -4.75. The molecular formula is C36H37N3O8S. The third kappa shape index (κ3) is 8.78. The molecule has 250 valence electrons. The van der Waals surface area contributed by atoms with Crippen molar-refractivity contribution in [2.45, 2.75) is 49.5 Å². The summed E-state index contributed by atoms with van der Waals surface area (Å²) < 4.78 is 17.9. The highest BCUT2D eigenvalue weighted by Crippen LogP contribution is 2.43. The number of anilines is 1. The van der Waals surface area contributed by atoms with Gasteiger partial charge in [0.15, 0.2) is 6.29 Å². The fraction of sp³-hybridized carbons (Fsp3) is 0.278. The molecule has 5 rings (SSSR count). The smallest absolute Gasteiger partial charge is 0.338 e. The Morgan fingerprint density at radius 1 is 0.917 bits per heavy atom. The fourth-order valence-corrected chi connectivity index (χ4v) is 6.52. The van der Waals surface area contributed by atoms with E-state index in [1.54, 1.807) is 36.5 Å². The van der Waals surface area contributed by atoms with Gasteiger partial charge >= 0.3 is 18.0 Å². The minimum absolute atomic E-state index is 0.0723. The first-order chi connectivity index (χ1) is 23.2. The predicted octanol–water partition coefficient (Wildman–Crippen LogP) is 5.76. The Balaban J connectivity index is 1.30. The van der Waals surface area contributed by atoms with Gasteiger partial charge in [-0.2, -0.15) is 0 Å². The van der Waals surface area contributed by atoms with Gasteiger partial charge in [0.05, 0.1) is 31.5 Å². The summed E-state index contributed by atoms with van der Waals surface area (Å²) in [5.74, 6) is -1.30. The van der Waals surface area contributed by atoms with E-state index >= 15 is 0 Å². The number of ether oxygens (including phenoxy) is 3. The van der Waals surface area contributed by atoms with Crippen LogP contribution in [0.25, 0.3) is 0 Å². The molecule has 48 heavy (non-hydrogen) atoms. The number of carboxylic acids is 1. The molecule has 1 aliphatic heterocycles. The molecule has 4 N–H and O–H groups in total. The number of amides is 2. The summed E-state index contributed by atoms with van der Waals surface area (Å²) in [6, 6.07) is 25.6. The van der Waals surface area contributed by atoms with Crippen molar-refractivity contribution in [2.24, 2.45) is 5.92 Å². The molecule has 1 saturated heterocycles. The summed E-state index contributed by atoms with van der Waals surface area (Å²) in [4.78, 5) is 41.3. The highest BCUT2D eigenvalue weighted by molar-refractivity contribution is 7.99. The van der Waals surface area contributed by atoms with Crippen LogP contribution in [0.4, 0.5) is 10.5 Å². The molecule has 0 bridgehead atoms. The van der Waals surface area contributed by atoms with Crippen molar-refractivity contribution in [2.75, 3.05) is 18.2 Å². The highest BCUT2D eigenvalue weighted by Gasteiger charge is 2.38. The molecule has 2 heterocycles. The number of benzene rings is 3. The van der Waals surface area contributed by atoms with Crippen molar-refractivity contribution >= 4 is 35.4 Å². The molecule has 11 nitrogen and oxygen atoms in total. The van der Waals surface area contributed by atoms with Crippen LogP contribution in [-0.2, 0) is 32.0 Å². The van der Waals surface area contributed by atoms with Crippen LogP contribution < -0.4 is 10.6 Å². The number of methoxy groups -OCH3 is 1. The number of hydrogen-bond donors (Lipinski definition) is 4. The number of carbonyl (C=O) groups excluding carboxylic acids is 2. The molecule has 3 aromatic carbocycles. The lowest BCUT2D eigenvalue weighted by molar-refractivity contribution is -0.268. The van der Waals surface area contributed by atoms with Crippen molar-refractivity contribution < 1.29 is 38.8 Å². The average Bonchev–Trinajstić information content (AvgIpc) is 3.11. The largest absolute Gasteiger partial charge is 0.478 e. The number of urea groups is 1. The minimum atomic E-state index is -1.05. The predicted molar refractivity (Wildman–Crippen MR) is 179 cm³/mol. The van der Waals surface area contributed by atoms with Gasteiger partial charge in [-0.15, -0.1) is 11.8 Å². The standard InChI is InChI=1S/C36H37N3O8S/c1-22-30(21-48-32-28(33(41)42)9-6-18-37-32)46-35(47-31(22)25-12-10-24(20-40)11-13-25)26-14-16-27(17-15-26)38-36(44)39-29(34(43)45-2)19-23-7-4-3-5-8-23/h3-18,22,29-31,35,40H,19-21H2,1-2H3,(H,41,42)(H2,38,39,44). The Morgan fingerprint density at radius 3 is 2.29 bits per heavy atom. The van der Waals surface area contributed by atoms with Gasteiger partial charge in [0, 0.05) is 35.5 Å². The van der Waals surface area contributed by atoms with Gasteiger partial charge in [-0.1, -0.05) is 73.7 Å². The van der Waals surface area contributed by atoms with Crippen molar-refractivity contribution in [1.29, 1.82) is 0 Å². The van der Waals surface area contributed by atoms with E-state index in [0.717, 1.165) is 16.7 Å². The second-order valence-corrected chi connectivity index (χ2v) is 12.3. The Morgan fingerprint density at radius 2 is 1.62 bits per heavy atom. The van der Waals surface area contributed by atoms with E-state index in [-0.39, 0.29) is 36.7 Å². The molecule has 2 amide bonds. The van der Waals surface area contributed by atoms with Gasteiger partial charge in [0.2, 0.25) is 0 Å². The number of carbonyl (C=O) groups is 3. The number of hydrogen-bond acceptors (Lipinski definition) is 9. The zero-order chi connectivity index (χ0) is 34.0. The molecule has 4 aromatic rings. The van der Waals surface area contributed by atoms with Gasteiger partial charge in [-0.3, -0.25) is 0 Å². The number of thioether (sulfide) groups is 1. The van der Waals surface area contributed by atoms with Gasteiger partial charge in [0.25, 0.3) is 0 Å². The minimum Gasteiger partial charge on any atom is -0.478 e. The van der Waals surface area contributed by atoms with Crippen LogP contribution in [0.5, 0.6) is 0 Å². The van der Waals surface area contributed by atoms with E-state index in [1.807, 2.05) is 61.5 Å². The quantitative estimate of drug-likeness (QED) is 0.108. The summed E-state index contributed by atoms with van der Waals surface area (Å²) in [6.45, 7) is 1.95. The molecule has 1 aromatic heterocycles. The molecule has 0 radical (unpaired) electrons. The number of nitrogens with one attached hydrogen (secondary N) is 2. The number of nitrogens with zero attached hydrogens (tertiary/aromatic N) is 1. The van der Waals surface area contributed by atoms with Gasteiger partial charge in [0.1, 0.15) is 11.1 Å². The van der Waals surface area contributed by atoms with Gasteiger partial charge in [-0.25, -0.2) is 19.4 Å². The lowest BCUT2D eigenvalue weighted by atomic mass is 9.91. The molecule has 1 fully saturated rings. The molecule has 0 spiro atoms. The summed E-state index contributed by atoms with van der Waals surface area (Å²) in [5, 5.41) is 25.0. The van der Waals surface area contributed by atoms with Crippen LogP contribution in [0.3, 0.4) is 0 Å². The second-order valence-electron chi connectivity index (χ2n) is 11.3. The van der Waals surface area contributed by atoms with Gasteiger partial charge < -0.3 is 35.1 Å². The maximum atomic E-state index is 12.9. The van der Waals surface area contributed by atoms with Crippen molar-refractivity contribution in [1.82, 2.24) is 10.3 Å². The molecular weight excluding hydrogens is 634 g/mol. The topological polar surface area (TPSA) is 156 Å². The zero-order valence-electron chi connectivity index (χ0n) is 26.4. The Kier molecular flexibility index (Phi) is 11.8. The monoisotopic (exact) mass is 671 g/mol. The molecule has 12 heteroatoms. The number of aromatic nitrogens is 1. The number of rotatable bonds is 12. The third-order valence-corrected chi connectivity index (χ3v) is 9.12. The Labute approximate surface area is 282 Å². The van der Waals surface area contributed by atoms with Crippen molar-refractivity contribution in [3.05, 3.63) is 125 Å². The average molecular weight is 672 g/mol. The lowest BCUT2D eigenvalue weighted by Gasteiger charge is -2.41. The number of aliphatic hydroxyl groups is 1. The van der Waals surface area contributed by atoms with Gasteiger partial charge in [-0.05, 0) is 41.0 Å². The zero-order valence-corrected chi connectivity index (χ0v) is 27.3. The number of aromatic carboxylic acids is 1. The van der Waals surface area contributed by atoms with E-state index in [4.69, 9.17) is 14.2 Å². The maximum Gasteiger partial charge on any atom is 0.338 e. The molecule has 5 atom stereocenters. The third-order valence-electron chi connectivity index (χ3n) is 8.02. The lowest BCUT2D eigenvalue weighted by Crippen LogP contribution is -2.45. The fourth-order valence-electron chi connectivity index (χ4n) is 5.37. The second kappa shape index (κ2) is 16.4. The number of carboxylic acid groups (broad SMARTS) is 1. The van der Waals surface area contributed by atoms with E-state index in [2.05, 4.69) is 15.6 Å². The van der Waals surface area contributed by atoms with Crippen LogP contribution >= 0.6 is 11.8 Å². The number of esters is 1. The molecule has 5 unspecified atom stereocenters. The van der Waals surface area contributed by atoms with Crippen molar-refractivity contribution in [3.63, 3.8) is 0 Å². The summed E-state index contributed by atoms with van der Waals surface area (Å²) >= 11 is 1.31. The molecule has 0 aliphatic carbocycles. The molecule has 0 saturated carbocycles. The van der Waals surface area contributed by atoms with E-state index in [0.29, 0.717) is 22.0 Å². The summed E-state index contributed by atoms with van der Waals surface area (Å²) in [6.07, 6.45) is 0.355. The SMILES string of the molecule is COC(=O)C(Cc1ccccc1)NC(=O)Nc1ccc(C2OC(CSc3ncccc3C(=O)O)C(C)C(c3ccc(CO)cc3)O2)cc1. The van der Waals surface area contributed by atoms with E-state index in [1.165, 1.54) is 24.9 Å². The Bertz CT molecular complexity index is 1690. The van der Waals surface area contributed by atoms with Crippen LogP contribution in [0.15, 0.2) is 102 Å². The first kappa shape index (κ1) is 34.6. The van der Waals surface area contributed by atoms with Crippen LogP contribution in [0.2, 0.25) is 0 Å². The molecule has 1 aliphatic rings. The van der Waals surface area contributed by atoms with Crippen molar-refractivity contribution in [3.8, 4) is 0 Å². The number of aliphatic hydroxyl groups excluding tert-OH is 1. The van der Waals surface area contributed by atoms with E-state index < -0.39 is 30.3 Å².